The van der Waals surface area contributed by atoms with E-state index in [2.05, 4.69) is 0 Å². The molecule has 8 heteroatoms. The highest BCUT2D eigenvalue weighted by Crippen LogP contribution is 2.10. The Morgan fingerprint density at radius 3 is 0.969 bits per heavy atom. The van der Waals surface area contributed by atoms with E-state index in [-0.39, 0.29) is 24.8 Å². The largest absolute Gasteiger partial charge is 0.481 e. The SMILES string of the molecule is CCOC(=O)CCCCCCCCC(=O)OCC.O=C(O)CCCCCCCCC(=O)O. The van der Waals surface area contributed by atoms with E-state index in [0.717, 1.165) is 77.0 Å². The molecule has 0 aliphatic rings. The summed E-state index contributed by atoms with van der Waals surface area (Å²) in [4.78, 5) is 42.4. The van der Waals surface area contributed by atoms with Gasteiger partial charge < -0.3 is 19.7 Å². The summed E-state index contributed by atoms with van der Waals surface area (Å²) in [6.07, 6.45) is 13.0. The molecule has 32 heavy (non-hydrogen) atoms. The lowest BCUT2D eigenvalue weighted by molar-refractivity contribution is -0.144. The smallest absolute Gasteiger partial charge is 0.305 e. The van der Waals surface area contributed by atoms with Gasteiger partial charge in [-0.2, -0.15) is 0 Å². The summed E-state index contributed by atoms with van der Waals surface area (Å²) in [5.41, 5.74) is 0. The number of ether oxygens (including phenoxy) is 2. The number of unbranched alkanes of at least 4 members (excludes halogenated alkanes) is 10. The van der Waals surface area contributed by atoms with Gasteiger partial charge in [-0.1, -0.05) is 51.4 Å². The van der Waals surface area contributed by atoms with E-state index in [4.69, 9.17) is 19.7 Å². The molecule has 0 aliphatic heterocycles. The van der Waals surface area contributed by atoms with Crippen molar-refractivity contribution >= 4 is 23.9 Å². The number of carbonyl (C=O) groups is 4. The maximum Gasteiger partial charge on any atom is 0.305 e. The third-order valence-electron chi connectivity index (χ3n) is 4.65. The van der Waals surface area contributed by atoms with Crippen LogP contribution in [0.25, 0.3) is 0 Å². The second-order valence-electron chi connectivity index (χ2n) is 7.64. The molecule has 2 N–H and O–H groups in total. The first-order valence-corrected chi connectivity index (χ1v) is 12.1. The number of esters is 2. The van der Waals surface area contributed by atoms with E-state index in [1.165, 1.54) is 0 Å². The monoisotopic (exact) mass is 460 g/mol. The summed E-state index contributed by atoms with van der Waals surface area (Å²) >= 11 is 0. The van der Waals surface area contributed by atoms with E-state index < -0.39 is 11.9 Å². The van der Waals surface area contributed by atoms with Crippen molar-refractivity contribution in [3.8, 4) is 0 Å². The lowest BCUT2D eigenvalue weighted by Gasteiger charge is -2.03. The first-order valence-electron chi connectivity index (χ1n) is 12.1. The third-order valence-corrected chi connectivity index (χ3v) is 4.65. The molecule has 0 radical (unpaired) electrons. The number of rotatable bonds is 20. The van der Waals surface area contributed by atoms with E-state index in [1.54, 1.807) is 0 Å². The topological polar surface area (TPSA) is 127 Å². The molecule has 0 bridgehead atoms. The highest BCUT2D eigenvalue weighted by molar-refractivity contribution is 5.69. The standard InChI is InChI=1S/C14H26O4.C10H18O4/c1-3-17-13(15)11-9-7-5-6-8-10-12-14(16)18-4-2;11-9(12)7-5-3-1-2-4-6-8-10(13)14/h3-12H2,1-2H3;1-8H2,(H,11,12)(H,13,14). The molecule has 0 aromatic rings. The van der Waals surface area contributed by atoms with Gasteiger partial charge in [0.2, 0.25) is 0 Å². The van der Waals surface area contributed by atoms with Gasteiger partial charge >= 0.3 is 23.9 Å². The number of carbonyl (C=O) groups excluding carboxylic acids is 2. The predicted molar refractivity (Wildman–Crippen MR) is 122 cm³/mol. The Balaban J connectivity index is 0. The molecular weight excluding hydrogens is 416 g/mol. The van der Waals surface area contributed by atoms with Crippen LogP contribution >= 0.6 is 0 Å². The van der Waals surface area contributed by atoms with Gasteiger partial charge in [0.05, 0.1) is 13.2 Å². The van der Waals surface area contributed by atoms with E-state index in [1.807, 2.05) is 13.8 Å². The molecule has 0 fully saturated rings. The molecule has 0 rings (SSSR count). The number of hydrogen-bond acceptors (Lipinski definition) is 6. The molecule has 0 amide bonds. The summed E-state index contributed by atoms with van der Waals surface area (Å²) in [6.45, 7) is 4.57. The van der Waals surface area contributed by atoms with Crippen LogP contribution in [0.3, 0.4) is 0 Å². The molecule has 8 nitrogen and oxygen atoms in total. The van der Waals surface area contributed by atoms with Crippen LogP contribution in [0.1, 0.15) is 117 Å². The molecule has 0 atom stereocenters. The summed E-state index contributed by atoms with van der Waals surface area (Å²) < 4.78 is 9.69. The van der Waals surface area contributed by atoms with Gasteiger partial charge in [0.15, 0.2) is 0 Å². The second-order valence-corrected chi connectivity index (χ2v) is 7.64. The van der Waals surface area contributed by atoms with Crippen molar-refractivity contribution in [2.24, 2.45) is 0 Å². The fraction of sp³-hybridized carbons (Fsp3) is 0.833. The minimum atomic E-state index is -0.740. The maximum atomic E-state index is 11.0. The zero-order chi connectivity index (χ0) is 24.5. The number of carboxylic acid groups (broad SMARTS) is 2. The van der Waals surface area contributed by atoms with Gasteiger partial charge in [0.25, 0.3) is 0 Å². The Hall–Kier alpha value is -2.12. The van der Waals surface area contributed by atoms with Gasteiger partial charge in [-0.25, -0.2) is 0 Å². The fourth-order valence-electron chi connectivity index (χ4n) is 2.97. The lowest BCUT2D eigenvalue weighted by Crippen LogP contribution is -2.03. The van der Waals surface area contributed by atoms with Crippen LogP contribution in [-0.2, 0) is 28.7 Å². The first-order chi connectivity index (χ1) is 15.3. The van der Waals surface area contributed by atoms with Crippen molar-refractivity contribution < 1.29 is 38.9 Å². The Morgan fingerprint density at radius 1 is 0.469 bits per heavy atom. The van der Waals surface area contributed by atoms with Gasteiger partial charge in [-0.3, -0.25) is 19.2 Å². The van der Waals surface area contributed by atoms with Crippen molar-refractivity contribution in [2.45, 2.75) is 117 Å². The lowest BCUT2D eigenvalue weighted by atomic mass is 10.1. The van der Waals surface area contributed by atoms with Gasteiger partial charge in [0, 0.05) is 25.7 Å². The zero-order valence-corrected chi connectivity index (χ0v) is 20.1. The van der Waals surface area contributed by atoms with E-state index in [0.29, 0.717) is 26.1 Å². The number of hydrogen-bond donors (Lipinski definition) is 2. The van der Waals surface area contributed by atoms with Gasteiger partial charge in [-0.05, 0) is 39.5 Å². The molecule has 0 aromatic carbocycles. The van der Waals surface area contributed by atoms with Crippen LogP contribution in [0, 0.1) is 0 Å². The van der Waals surface area contributed by atoms with Crippen LogP contribution < -0.4 is 0 Å². The Kier molecular flexibility index (Phi) is 25.2. The molecule has 188 valence electrons. The van der Waals surface area contributed by atoms with E-state index in [9.17, 15) is 19.2 Å². The summed E-state index contributed by atoms with van der Waals surface area (Å²) in [5.74, 6) is -1.67. The molecule has 0 spiro atoms. The molecule has 0 saturated carbocycles. The third kappa shape index (κ3) is 30.1. The molecule has 0 unspecified atom stereocenters. The maximum absolute atomic E-state index is 11.0. The molecule has 0 aromatic heterocycles. The van der Waals surface area contributed by atoms with Crippen LogP contribution in [0.5, 0.6) is 0 Å². The molecule has 0 aliphatic carbocycles. The molecular formula is C24H44O8. The van der Waals surface area contributed by atoms with Crippen LogP contribution in [0.4, 0.5) is 0 Å². The highest BCUT2D eigenvalue weighted by Gasteiger charge is 2.02. The molecule has 0 heterocycles. The van der Waals surface area contributed by atoms with Crippen molar-refractivity contribution in [2.75, 3.05) is 13.2 Å². The summed E-state index contributed by atoms with van der Waals surface area (Å²) in [5, 5.41) is 16.7. The fourth-order valence-corrected chi connectivity index (χ4v) is 2.97. The minimum Gasteiger partial charge on any atom is -0.481 e. The van der Waals surface area contributed by atoms with Gasteiger partial charge in [0.1, 0.15) is 0 Å². The van der Waals surface area contributed by atoms with Gasteiger partial charge in [-0.15, -0.1) is 0 Å². The molecule has 0 saturated heterocycles. The Labute approximate surface area is 193 Å². The minimum absolute atomic E-state index is 0.0974. The van der Waals surface area contributed by atoms with Crippen molar-refractivity contribution in [3.63, 3.8) is 0 Å². The zero-order valence-electron chi connectivity index (χ0n) is 20.1. The average molecular weight is 461 g/mol. The average Bonchev–Trinajstić information content (AvgIpc) is 2.72. The number of aliphatic carboxylic acids is 2. The number of carboxylic acids is 2. The normalized spacial score (nSPS) is 10.1. The van der Waals surface area contributed by atoms with E-state index >= 15 is 0 Å². The Bertz CT molecular complexity index is 446. The summed E-state index contributed by atoms with van der Waals surface area (Å²) in [7, 11) is 0. The van der Waals surface area contributed by atoms with Crippen LogP contribution in [0.15, 0.2) is 0 Å². The van der Waals surface area contributed by atoms with Crippen LogP contribution in [0.2, 0.25) is 0 Å². The van der Waals surface area contributed by atoms with Crippen molar-refractivity contribution in [1.29, 1.82) is 0 Å². The quantitative estimate of drug-likeness (QED) is 0.180. The van der Waals surface area contributed by atoms with Crippen molar-refractivity contribution in [3.05, 3.63) is 0 Å². The predicted octanol–water partition coefficient (Wildman–Crippen LogP) is 5.51. The summed E-state index contributed by atoms with van der Waals surface area (Å²) in [6, 6.07) is 0. The first kappa shape index (κ1) is 32.1. The van der Waals surface area contributed by atoms with Crippen LogP contribution in [-0.4, -0.2) is 47.3 Å². The Morgan fingerprint density at radius 2 is 0.719 bits per heavy atom. The second kappa shape index (κ2) is 25.1. The highest BCUT2D eigenvalue weighted by atomic mass is 16.5. The van der Waals surface area contributed by atoms with Crippen molar-refractivity contribution in [1.82, 2.24) is 0 Å².